The van der Waals surface area contributed by atoms with Crippen molar-refractivity contribution >= 4 is 29.0 Å². The van der Waals surface area contributed by atoms with Gasteiger partial charge in [-0.25, -0.2) is 4.79 Å². The Kier molecular flexibility index (Phi) is 5.43. The molecule has 0 spiro atoms. The number of hydrogen-bond acceptors (Lipinski definition) is 3. The largest absolute Gasteiger partial charge is 0.335 e. The first kappa shape index (κ1) is 18.0. The van der Waals surface area contributed by atoms with E-state index in [1.807, 2.05) is 30.3 Å². The van der Waals surface area contributed by atoms with Gasteiger partial charge in [0, 0.05) is 30.2 Å². The number of likely N-dealkylation sites (tertiary alicyclic amines) is 2. The minimum Gasteiger partial charge on any atom is -0.335 e. The molecule has 6 heteroatoms. The number of urea groups is 1. The summed E-state index contributed by atoms with van der Waals surface area (Å²) in [5, 5.41) is 5.01. The highest BCUT2D eigenvalue weighted by atomic mass is 32.1. The molecule has 2 atom stereocenters. The highest BCUT2D eigenvalue weighted by molar-refractivity contribution is 7.10. The Balaban J connectivity index is 1.40. The van der Waals surface area contributed by atoms with Gasteiger partial charge in [-0.1, -0.05) is 24.3 Å². The van der Waals surface area contributed by atoms with E-state index in [4.69, 9.17) is 0 Å². The third kappa shape index (κ3) is 4.00. The van der Waals surface area contributed by atoms with Gasteiger partial charge >= 0.3 is 6.03 Å². The van der Waals surface area contributed by atoms with Crippen LogP contribution in [0.2, 0.25) is 0 Å². The Morgan fingerprint density at radius 1 is 1.00 bits per heavy atom. The Bertz CT molecular complexity index is 778. The molecule has 2 unspecified atom stereocenters. The quantitative estimate of drug-likeness (QED) is 0.856. The lowest BCUT2D eigenvalue weighted by Crippen LogP contribution is -2.47. The fraction of sp³-hybridized carbons (Fsp3) is 0.429. The average Bonchev–Trinajstić information content (AvgIpc) is 3.39. The number of anilines is 1. The predicted octanol–water partition coefficient (Wildman–Crippen LogP) is 4.36. The second-order valence-electron chi connectivity index (χ2n) is 7.29. The topological polar surface area (TPSA) is 52.7 Å². The molecule has 142 valence electrons. The van der Waals surface area contributed by atoms with Gasteiger partial charge in [-0.3, -0.25) is 4.79 Å². The van der Waals surface area contributed by atoms with Gasteiger partial charge in [0.15, 0.2) is 0 Å². The minimum absolute atomic E-state index is 0.0964. The number of piperidine rings is 1. The molecule has 1 aromatic heterocycles. The van der Waals surface area contributed by atoms with Crippen LogP contribution in [0.15, 0.2) is 47.8 Å². The molecule has 2 saturated heterocycles. The maximum atomic E-state index is 13.2. The van der Waals surface area contributed by atoms with Gasteiger partial charge in [-0.05, 0) is 49.3 Å². The maximum absolute atomic E-state index is 13.2. The lowest BCUT2D eigenvalue weighted by molar-refractivity contribution is -0.137. The highest BCUT2D eigenvalue weighted by Crippen LogP contribution is 2.36. The van der Waals surface area contributed by atoms with Crippen molar-refractivity contribution in [2.24, 2.45) is 5.92 Å². The molecule has 1 N–H and O–H groups in total. The van der Waals surface area contributed by atoms with Crippen LogP contribution < -0.4 is 5.32 Å². The Hall–Kier alpha value is -2.34. The molecular weight excluding hydrogens is 358 g/mol. The van der Waals surface area contributed by atoms with Gasteiger partial charge in [-0.15, -0.1) is 11.3 Å². The van der Waals surface area contributed by atoms with E-state index in [2.05, 4.69) is 27.7 Å². The van der Waals surface area contributed by atoms with Crippen LogP contribution in [0.3, 0.4) is 0 Å². The predicted molar refractivity (Wildman–Crippen MR) is 108 cm³/mol. The SMILES string of the molecule is O=C(Nc1ccccc1)N1CCCC(C(=O)N2CCCC2c2cccs2)C1. The fourth-order valence-corrected chi connectivity index (χ4v) is 5.00. The van der Waals surface area contributed by atoms with Crippen molar-refractivity contribution in [3.05, 3.63) is 52.7 Å². The summed E-state index contributed by atoms with van der Waals surface area (Å²) in [6.07, 6.45) is 3.83. The van der Waals surface area contributed by atoms with Crippen molar-refractivity contribution < 1.29 is 9.59 Å². The van der Waals surface area contributed by atoms with E-state index in [9.17, 15) is 9.59 Å². The van der Waals surface area contributed by atoms with Gasteiger partial charge in [0.1, 0.15) is 0 Å². The Morgan fingerprint density at radius 3 is 2.59 bits per heavy atom. The van der Waals surface area contributed by atoms with Crippen LogP contribution in [0.1, 0.15) is 36.6 Å². The summed E-state index contributed by atoms with van der Waals surface area (Å²) < 4.78 is 0. The monoisotopic (exact) mass is 383 g/mol. The second kappa shape index (κ2) is 8.13. The summed E-state index contributed by atoms with van der Waals surface area (Å²) in [7, 11) is 0. The molecular formula is C21H25N3O2S. The van der Waals surface area contributed by atoms with Crippen molar-refractivity contribution in [2.75, 3.05) is 25.0 Å². The smallest absolute Gasteiger partial charge is 0.321 e. The molecule has 2 aliphatic heterocycles. The number of para-hydroxylation sites is 1. The molecule has 3 heterocycles. The maximum Gasteiger partial charge on any atom is 0.321 e. The molecule has 27 heavy (non-hydrogen) atoms. The highest BCUT2D eigenvalue weighted by Gasteiger charge is 2.37. The van der Waals surface area contributed by atoms with Crippen molar-refractivity contribution in [1.29, 1.82) is 0 Å². The van der Waals surface area contributed by atoms with E-state index in [0.29, 0.717) is 13.1 Å². The molecule has 1 aromatic carbocycles. The number of rotatable bonds is 3. The van der Waals surface area contributed by atoms with Crippen LogP contribution in [-0.4, -0.2) is 41.4 Å². The summed E-state index contributed by atoms with van der Waals surface area (Å²) in [4.78, 5) is 30.9. The van der Waals surface area contributed by atoms with E-state index in [-0.39, 0.29) is 23.9 Å². The molecule has 3 amide bonds. The standard InChI is InChI=1S/C21H25N3O2S/c25-20(24-13-5-10-18(24)19-11-6-14-27-19)16-7-4-12-23(15-16)21(26)22-17-8-2-1-3-9-17/h1-3,6,8-9,11,14,16,18H,4-5,7,10,12-13,15H2,(H,22,26). The zero-order valence-electron chi connectivity index (χ0n) is 15.3. The fourth-order valence-electron chi connectivity index (χ4n) is 4.13. The molecule has 2 fully saturated rings. The van der Waals surface area contributed by atoms with E-state index >= 15 is 0 Å². The van der Waals surface area contributed by atoms with Crippen LogP contribution in [0.4, 0.5) is 10.5 Å². The number of carbonyl (C=O) groups excluding carboxylic acids is 2. The van der Waals surface area contributed by atoms with E-state index in [0.717, 1.165) is 37.9 Å². The number of hydrogen-bond donors (Lipinski definition) is 1. The van der Waals surface area contributed by atoms with Crippen molar-refractivity contribution in [2.45, 2.75) is 31.7 Å². The van der Waals surface area contributed by atoms with E-state index < -0.39 is 0 Å². The van der Waals surface area contributed by atoms with Crippen LogP contribution in [-0.2, 0) is 4.79 Å². The number of amides is 3. The lowest BCUT2D eigenvalue weighted by Gasteiger charge is -2.35. The zero-order chi connectivity index (χ0) is 18.6. The number of nitrogens with zero attached hydrogens (tertiary/aromatic N) is 2. The van der Waals surface area contributed by atoms with Crippen LogP contribution in [0, 0.1) is 5.92 Å². The van der Waals surface area contributed by atoms with E-state index in [1.165, 1.54) is 4.88 Å². The van der Waals surface area contributed by atoms with Crippen molar-refractivity contribution in [3.63, 3.8) is 0 Å². The first-order valence-corrected chi connectivity index (χ1v) is 10.5. The molecule has 2 aliphatic rings. The van der Waals surface area contributed by atoms with Crippen molar-refractivity contribution in [3.8, 4) is 0 Å². The number of thiophene rings is 1. The Labute approximate surface area is 164 Å². The molecule has 0 saturated carbocycles. The zero-order valence-corrected chi connectivity index (χ0v) is 16.2. The number of carbonyl (C=O) groups is 2. The van der Waals surface area contributed by atoms with Crippen LogP contribution >= 0.6 is 11.3 Å². The van der Waals surface area contributed by atoms with Gasteiger partial charge in [0.05, 0.1) is 12.0 Å². The third-order valence-electron chi connectivity index (χ3n) is 5.49. The van der Waals surface area contributed by atoms with Gasteiger partial charge in [0.2, 0.25) is 5.91 Å². The minimum atomic E-state index is -0.116. The average molecular weight is 384 g/mol. The van der Waals surface area contributed by atoms with E-state index in [1.54, 1.807) is 16.2 Å². The normalized spacial score (nSPS) is 22.7. The molecule has 5 nitrogen and oxygen atoms in total. The number of nitrogens with one attached hydrogen (secondary N) is 1. The summed E-state index contributed by atoms with van der Waals surface area (Å²) in [5.41, 5.74) is 0.785. The van der Waals surface area contributed by atoms with Crippen molar-refractivity contribution in [1.82, 2.24) is 9.80 Å². The third-order valence-corrected chi connectivity index (χ3v) is 6.46. The summed E-state index contributed by atoms with van der Waals surface area (Å²) in [6.45, 7) is 2.04. The first-order chi connectivity index (χ1) is 13.2. The lowest BCUT2D eigenvalue weighted by atomic mass is 9.96. The van der Waals surface area contributed by atoms with Gasteiger partial charge in [0.25, 0.3) is 0 Å². The molecule has 2 aromatic rings. The Morgan fingerprint density at radius 2 is 1.81 bits per heavy atom. The second-order valence-corrected chi connectivity index (χ2v) is 8.27. The summed E-state index contributed by atoms with van der Waals surface area (Å²) in [6, 6.07) is 13.7. The van der Waals surface area contributed by atoms with Gasteiger partial charge in [-0.2, -0.15) is 0 Å². The number of benzene rings is 1. The molecule has 0 bridgehead atoms. The summed E-state index contributed by atoms with van der Waals surface area (Å²) in [5.74, 6) is 0.115. The summed E-state index contributed by atoms with van der Waals surface area (Å²) >= 11 is 1.73. The molecule has 0 aliphatic carbocycles. The van der Waals surface area contributed by atoms with Gasteiger partial charge < -0.3 is 15.1 Å². The molecule has 0 radical (unpaired) electrons. The van der Waals surface area contributed by atoms with Crippen LogP contribution in [0.25, 0.3) is 0 Å². The van der Waals surface area contributed by atoms with Crippen LogP contribution in [0.5, 0.6) is 0 Å². The molecule has 4 rings (SSSR count). The first-order valence-electron chi connectivity index (χ1n) is 9.67.